The molecule has 3 aromatic carbocycles. The maximum atomic E-state index is 13.9. The summed E-state index contributed by atoms with van der Waals surface area (Å²) >= 11 is 11.0. The molecule has 0 amide bonds. The lowest BCUT2D eigenvalue weighted by Gasteiger charge is -2.25. The molecule has 222 valence electrons. The number of esters is 1. The van der Waals surface area contributed by atoms with E-state index in [0.29, 0.717) is 37.8 Å². The summed E-state index contributed by atoms with van der Waals surface area (Å²) in [5.41, 5.74) is 1.64. The zero-order valence-corrected chi connectivity index (χ0v) is 26.4. The number of halogens is 2. The van der Waals surface area contributed by atoms with Gasteiger partial charge in [0.15, 0.2) is 4.80 Å². The van der Waals surface area contributed by atoms with Gasteiger partial charge in [-0.15, -0.1) is 0 Å². The van der Waals surface area contributed by atoms with Crippen molar-refractivity contribution in [3.05, 3.63) is 133 Å². The average molecular weight is 694 g/mol. The summed E-state index contributed by atoms with van der Waals surface area (Å²) in [5.74, 6) is -0.629. The average Bonchev–Trinajstić information content (AvgIpc) is 3.29. The Labute approximate surface area is 268 Å². The number of nitro benzene ring substituents is 1. The molecule has 1 atom stereocenters. The largest absolute Gasteiger partial charge is 0.481 e. The molecule has 0 bridgehead atoms. The van der Waals surface area contributed by atoms with Crippen LogP contribution in [0.4, 0.5) is 5.69 Å². The monoisotopic (exact) mass is 692 g/mol. The van der Waals surface area contributed by atoms with Crippen molar-refractivity contribution in [2.45, 2.75) is 26.5 Å². The first-order chi connectivity index (χ1) is 21.1. The molecule has 10 nitrogen and oxygen atoms in total. The molecule has 1 aromatic heterocycles. The van der Waals surface area contributed by atoms with Crippen LogP contribution in [0.5, 0.6) is 5.75 Å². The second-order valence-corrected chi connectivity index (χ2v) is 11.8. The molecule has 0 spiro atoms. The van der Waals surface area contributed by atoms with Gasteiger partial charge in [-0.1, -0.05) is 59.3 Å². The molecule has 5 rings (SSSR count). The van der Waals surface area contributed by atoms with Gasteiger partial charge in [0.1, 0.15) is 12.6 Å². The molecular formula is C31H22BrClN4O6S. The van der Waals surface area contributed by atoms with Gasteiger partial charge in [0.2, 0.25) is 5.75 Å². The Morgan fingerprint density at radius 3 is 2.68 bits per heavy atom. The van der Waals surface area contributed by atoms with Gasteiger partial charge in [-0.3, -0.25) is 19.5 Å². The molecule has 4 aromatic rings. The third kappa shape index (κ3) is 5.94. The fourth-order valence-corrected chi connectivity index (χ4v) is 6.67. The predicted molar refractivity (Wildman–Crippen MR) is 168 cm³/mol. The maximum Gasteiger partial charge on any atom is 0.338 e. The van der Waals surface area contributed by atoms with Gasteiger partial charge in [0, 0.05) is 16.7 Å². The van der Waals surface area contributed by atoms with Crippen LogP contribution in [0, 0.1) is 21.4 Å². The number of carbonyl (C=O) groups is 1. The van der Waals surface area contributed by atoms with E-state index < -0.39 is 22.5 Å². The third-order valence-corrected chi connectivity index (χ3v) is 8.68. The number of fused-ring (bicyclic) bond motifs is 1. The number of rotatable bonds is 8. The lowest BCUT2D eigenvalue weighted by atomic mass is 9.96. The SMILES string of the molecule is CCOC(=O)C1=C(C)N=c2s/c(=C\c3cc(Br)c(OCc4ccccc4C#N)c([N+](=O)[O-])c3)c(=O)n2[C@@H]1c1ccccc1Cl. The first-order valence-electron chi connectivity index (χ1n) is 13.2. The number of hydrogen-bond acceptors (Lipinski definition) is 9. The highest BCUT2D eigenvalue weighted by Crippen LogP contribution is 2.38. The van der Waals surface area contributed by atoms with Crippen LogP contribution < -0.4 is 19.6 Å². The molecule has 0 unspecified atom stereocenters. The molecule has 13 heteroatoms. The van der Waals surface area contributed by atoms with Crippen molar-refractivity contribution in [3.8, 4) is 11.8 Å². The molecule has 44 heavy (non-hydrogen) atoms. The smallest absolute Gasteiger partial charge is 0.338 e. The number of thiazole rings is 1. The van der Waals surface area contributed by atoms with Gasteiger partial charge >= 0.3 is 11.7 Å². The van der Waals surface area contributed by atoms with Gasteiger partial charge < -0.3 is 9.47 Å². The lowest BCUT2D eigenvalue weighted by molar-refractivity contribution is -0.386. The Morgan fingerprint density at radius 2 is 1.98 bits per heavy atom. The van der Waals surface area contributed by atoms with E-state index in [1.54, 1.807) is 68.4 Å². The summed E-state index contributed by atoms with van der Waals surface area (Å²) < 4.78 is 13.0. The lowest BCUT2D eigenvalue weighted by Crippen LogP contribution is -2.40. The van der Waals surface area contributed by atoms with Crippen molar-refractivity contribution in [3.63, 3.8) is 0 Å². The zero-order chi connectivity index (χ0) is 31.5. The Balaban J connectivity index is 1.61. The van der Waals surface area contributed by atoms with Crippen molar-refractivity contribution < 1.29 is 19.2 Å². The summed E-state index contributed by atoms with van der Waals surface area (Å²) in [4.78, 5) is 43.3. The zero-order valence-electron chi connectivity index (χ0n) is 23.2. The van der Waals surface area contributed by atoms with Crippen LogP contribution in [0.2, 0.25) is 5.02 Å². The minimum Gasteiger partial charge on any atom is -0.481 e. The molecule has 0 radical (unpaired) electrons. The highest BCUT2D eigenvalue weighted by Gasteiger charge is 2.34. The van der Waals surface area contributed by atoms with E-state index in [1.807, 2.05) is 0 Å². The number of carbonyl (C=O) groups excluding carboxylic acids is 1. The van der Waals surface area contributed by atoms with E-state index in [4.69, 9.17) is 21.1 Å². The Hall–Kier alpha value is -4.57. The number of allylic oxidation sites excluding steroid dienone is 1. The van der Waals surface area contributed by atoms with Gasteiger partial charge in [0.05, 0.1) is 43.4 Å². The third-order valence-electron chi connectivity index (χ3n) is 6.77. The molecule has 0 saturated heterocycles. The first kappa shape index (κ1) is 30.9. The van der Waals surface area contributed by atoms with Gasteiger partial charge in [-0.25, -0.2) is 9.79 Å². The molecule has 0 N–H and O–H groups in total. The minimum atomic E-state index is -0.894. The number of nitriles is 1. The van der Waals surface area contributed by atoms with Crippen molar-refractivity contribution in [1.29, 1.82) is 5.26 Å². The highest BCUT2D eigenvalue weighted by molar-refractivity contribution is 9.10. The number of hydrogen-bond donors (Lipinski definition) is 0. The Kier molecular flexibility index (Phi) is 9.10. The molecule has 0 aliphatic carbocycles. The molecular weight excluding hydrogens is 672 g/mol. The second-order valence-electron chi connectivity index (χ2n) is 9.49. The number of benzene rings is 3. The second kappa shape index (κ2) is 13.0. The van der Waals surface area contributed by atoms with E-state index in [2.05, 4.69) is 27.0 Å². The van der Waals surface area contributed by atoms with Gasteiger partial charge in [-0.2, -0.15) is 5.26 Å². The summed E-state index contributed by atoms with van der Waals surface area (Å²) in [6.07, 6.45) is 1.52. The van der Waals surface area contributed by atoms with Crippen LogP contribution in [-0.2, 0) is 16.1 Å². The van der Waals surface area contributed by atoms with Crippen LogP contribution >= 0.6 is 38.9 Å². The number of nitrogens with zero attached hydrogens (tertiary/aromatic N) is 4. The fourth-order valence-electron chi connectivity index (χ4n) is 4.80. The summed E-state index contributed by atoms with van der Waals surface area (Å²) in [5, 5.41) is 21.8. The molecule has 0 fully saturated rings. The van der Waals surface area contributed by atoms with Crippen LogP contribution in [0.1, 0.15) is 42.1 Å². The quantitative estimate of drug-likeness (QED) is 0.134. The van der Waals surface area contributed by atoms with E-state index in [9.17, 15) is 25.0 Å². The van der Waals surface area contributed by atoms with E-state index in [1.165, 1.54) is 16.7 Å². The summed E-state index contributed by atoms with van der Waals surface area (Å²) in [6, 6.07) is 17.8. The van der Waals surface area contributed by atoms with Crippen molar-refractivity contribution in [2.24, 2.45) is 4.99 Å². The molecule has 1 aliphatic rings. The summed E-state index contributed by atoms with van der Waals surface area (Å²) in [6.45, 7) is 3.42. The fraction of sp³-hybridized carbons (Fsp3) is 0.161. The van der Waals surface area contributed by atoms with E-state index in [0.717, 1.165) is 11.3 Å². The highest BCUT2D eigenvalue weighted by atomic mass is 79.9. The Bertz CT molecular complexity index is 2080. The van der Waals surface area contributed by atoms with Crippen LogP contribution in [0.15, 0.2) is 86.2 Å². The minimum absolute atomic E-state index is 0.0187. The number of aromatic nitrogens is 1. The predicted octanol–water partition coefficient (Wildman–Crippen LogP) is 5.57. The summed E-state index contributed by atoms with van der Waals surface area (Å²) in [7, 11) is 0. The van der Waals surface area contributed by atoms with E-state index in [-0.39, 0.29) is 39.2 Å². The topological polar surface area (TPSA) is 137 Å². The first-order valence-corrected chi connectivity index (χ1v) is 15.2. The van der Waals surface area contributed by atoms with Crippen molar-refractivity contribution >= 4 is 56.6 Å². The Morgan fingerprint density at radius 1 is 1.25 bits per heavy atom. The molecule has 0 saturated carbocycles. The van der Waals surface area contributed by atoms with Gasteiger partial charge in [0.25, 0.3) is 5.56 Å². The van der Waals surface area contributed by atoms with Crippen LogP contribution in [0.3, 0.4) is 0 Å². The van der Waals surface area contributed by atoms with E-state index >= 15 is 0 Å². The normalized spacial score (nSPS) is 14.4. The van der Waals surface area contributed by atoms with Crippen molar-refractivity contribution in [1.82, 2.24) is 4.57 Å². The van der Waals surface area contributed by atoms with Crippen LogP contribution in [0.25, 0.3) is 6.08 Å². The molecule has 1 aliphatic heterocycles. The standard InChI is InChI=1S/C31H22BrClN4O6S/c1-3-42-30(39)26-17(2)35-31-36(27(26)21-10-6-7-11-23(21)33)29(38)25(44-31)14-18-12-22(32)28(24(13-18)37(40)41)43-16-20-9-5-4-8-19(20)15-34/h4-14,27H,3,16H2,1-2H3/b25-14-/t27-/m1/s1. The maximum absolute atomic E-state index is 13.9. The number of nitro groups is 1. The van der Waals surface area contributed by atoms with Crippen molar-refractivity contribution in [2.75, 3.05) is 6.61 Å². The number of ether oxygens (including phenoxy) is 2. The van der Waals surface area contributed by atoms with Crippen LogP contribution in [-0.4, -0.2) is 22.1 Å². The van der Waals surface area contributed by atoms with Gasteiger partial charge in [-0.05, 0) is 65.2 Å². The molecule has 2 heterocycles.